The molecule has 0 radical (unpaired) electrons. The van der Waals surface area contributed by atoms with E-state index in [0.717, 1.165) is 37.3 Å². The van der Waals surface area contributed by atoms with Crippen LogP contribution in [0.1, 0.15) is 17.2 Å². The second-order valence-electron chi connectivity index (χ2n) is 6.67. The SMILES string of the molecule is Cc1ccc(S(=O)(=O)NCC(c2ccsc2)N2CCN(C)CC2)cc1Cl. The van der Waals surface area contributed by atoms with Crippen LogP contribution in [0, 0.1) is 6.92 Å². The molecule has 1 aliphatic rings. The highest BCUT2D eigenvalue weighted by Crippen LogP contribution is 2.25. The molecule has 1 N–H and O–H groups in total. The van der Waals surface area contributed by atoms with Crippen molar-refractivity contribution in [2.45, 2.75) is 17.9 Å². The molecule has 0 saturated carbocycles. The summed E-state index contributed by atoms with van der Waals surface area (Å²) >= 11 is 7.73. The summed E-state index contributed by atoms with van der Waals surface area (Å²) < 4.78 is 28.2. The lowest BCUT2D eigenvalue weighted by molar-refractivity contribution is 0.113. The molecule has 1 aromatic carbocycles. The van der Waals surface area contributed by atoms with E-state index in [0.29, 0.717) is 11.6 Å². The fourth-order valence-electron chi connectivity index (χ4n) is 3.07. The third kappa shape index (κ3) is 4.65. The van der Waals surface area contributed by atoms with E-state index in [2.05, 4.69) is 33.0 Å². The normalized spacial score (nSPS) is 18.1. The number of benzene rings is 1. The van der Waals surface area contributed by atoms with Crippen LogP contribution in [0.2, 0.25) is 5.02 Å². The van der Waals surface area contributed by atoms with Gasteiger partial charge in [-0.05, 0) is 54.1 Å². The summed E-state index contributed by atoms with van der Waals surface area (Å²) in [6.07, 6.45) is 0. The number of hydrogen-bond acceptors (Lipinski definition) is 5. The first-order valence-corrected chi connectivity index (χ1v) is 11.4. The van der Waals surface area contributed by atoms with Crippen molar-refractivity contribution in [2.24, 2.45) is 0 Å². The second kappa shape index (κ2) is 8.37. The van der Waals surface area contributed by atoms with E-state index < -0.39 is 10.0 Å². The molecule has 0 bridgehead atoms. The van der Waals surface area contributed by atoms with Crippen molar-refractivity contribution in [3.05, 3.63) is 51.2 Å². The Hall–Kier alpha value is -0.960. The summed E-state index contributed by atoms with van der Waals surface area (Å²) in [4.78, 5) is 4.85. The molecule has 3 rings (SSSR count). The molecular formula is C18H24ClN3O2S2. The minimum absolute atomic E-state index is 0.0330. The Kier molecular flexibility index (Phi) is 6.37. The zero-order chi connectivity index (χ0) is 18.7. The Balaban J connectivity index is 1.75. The molecule has 1 aromatic heterocycles. The lowest BCUT2D eigenvalue weighted by Crippen LogP contribution is -2.48. The van der Waals surface area contributed by atoms with Crippen LogP contribution in [0.5, 0.6) is 0 Å². The fourth-order valence-corrected chi connectivity index (χ4v) is 5.09. The van der Waals surface area contributed by atoms with E-state index in [4.69, 9.17) is 11.6 Å². The monoisotopic (exact) mass is 413 g/mol. The van der Waals surface area contributed by atoms with E-state index >= 15 is 0 Å². The fraction of sp³-hybridized carbons (Fsp3) is 0.444. The smallest absolute Gasteiger partial charge is 0.240 e. The molecule has 0 amide bonds. The minimum atomic E-state index is -3.60. The summed E-state index contributed by atoms with van der Waals surface area (Å²) in [6.45, 7) is 6.02. The maximum absolute atomic E-state index is 12.7. The molecular weight excluding hydrogens is 390 g/mol. The van der Waals surface area contributed by atoms with Crippen LogP contribution >= 0.6 is 22.9 Å². The van der Waals surface area contributed by atoms with Crippen LogP contribution in [-0.2, 0) is 10.0 Å². The predicted molar refractivity (Wildman–Crippen MR) is 108 cm³/mol. The third-order valence-electron chi connectivity index (χ3n) is 4.83. The number of piperazine rings is 1. The van der Waals surface area contributed by atoms with Gasteiger partial charge in [-0.25, -0.2) is 13.1 Å². The Morgan fingerprint density at radius 2 is 1.96 bits per heavy atom. The number of hydrogen-bond donors (Lipinski definition) is 1. The molecule has 0 spiro atoms. The van der Waals surface area contributed by atoms with Crippen molar-refractivity contribution in [3.63, 3.8) is 0 Å². The van der Waals surface area contributed by atoms with E-state index in [1.807, 2.05) is 12.3 Å². The number of sulfonamides is 1. The van der Waals surface area contributed by atoms with Gasteiger partial charge >= 0.3 is 0 Å². The maximum atomic E-state index is 12.7. The van der Waals surface area contributed by atoms with E-state index in [1.54, 1.807) is 23.5 Å². The van der Waals surface area contributed by atoms with Gasteiger partial charge in [-0.3, -0.25) is 4.90 Å². The van der Waals surface area contributed by atoms with E-state index in [1.165, 1.54) is 6.07 Å². The highest BCUT2D eigenvalue weighted by Gasteiger charge is 2.26. The largest absolute Gasteiger partial charge is 0.304 e. The van der Waals surface area contributed by atoms with Crippen molar-refractivity contribution in [3.8, 4) is 0 Å². The average molecular weight is 414 g/mol. The average Bonchev–Trinajstić information content (AvgIpc) is 3.13. The molecule has 1 fully saturated rings. The summed E-state index contributed by atoms with van der Waals surface area (Å²) in [7, 11) is -1.49. The van der Waals surface area contributed by atoms with Crippen LogP contribution in [0.3, 0.4) is 0 Å². The first kappa shape index (κ1) is 19.8. The molecule has 8 heteroatoms. The summed E-state index contributed by atoms with van der Waals surface area (Å²) in [5.74, 6) is 0. The number of thiophene rings is 1. The van der Waals surface area contributed by atoms with Crippen molar-refractivity contribution in [1.29, 1.82) is 0 Å². The number of nitrogens with zero attached hydrogens (tertiary/aromatic N) is 2. The van der Waals surface area contributed by atoms with Crippen molar-refractivity contribution in [1.82, 2.24) is 14.5 Å². The third-order valence-corrected chi connectivity index (χ3v) is 7.36. The van der Waals surface area contributed by atoms with Gasteiger partial charge in [0.1, 0.15) is 0 Å². The molecule has 1 aliphatic heterocycles. The molecule has 0 aliphatic carbocycles. The van der Waals surface area contributed by atoms with Gasteiger partial charge in [0.15, 0.2) is 0 Å². The maximum Gasteiger partial charge on any atom is 0.240 e. The Labute approximate surface area is 164 Å². The predicted octanol–water partition coefficient (Wildman–Crippen LogP) is 2.98. The van der Waals surface area contributed by atoms with E-state index in [9.17, 15) is 8.42 Å². The van der Waals surface area contributed by atoms with Gasteiger partial charge in [0.2, 0.25) is 10.0 Å². The summed E-state index contributed by atoms with van der Waals surface area (Å²) in [6, 6.07) is 6.94. The standard InChI is InChI=1S/C18H24ClN3O2S2/c1-14-3-4-16(11-17(14)19)26(23,24)20-12-18(15-5-10-25-13-15)22-8-6-21(2)7-9-22/h3-5,10-11,13,18,20H,6-9,12H2,1-2H3. The molecule has 1 unspecified atom stereocenters. The van der Waals surface area contributed by atoms with Gasteiger partial charge in [-0.2, -0.15) is 11.3 Å². The zero-order valence-corrected chi connectivity index (χ0v) is 17.4. The lowest BCUT2D eigenvalue weighted by Gasteiger charge is -2.37. The van der Waals surface area contributed by atoms with Gasteiger partial charge in [0.25, 0.3) is 0 Å². The van der Waals surface area contributed by atoms with Crippen molar-refractivity contribution in [2.75, 3.05) is 39.8 Å². The topological polar surface area (TPSA) is 52.7 Å². The summed E-state index contributed by atoms with van der Waals surface area (Å²) in [5.41, 5.74) is 2.02. The first-order valence-electron chi connectivity index (χ1n) is 8.57. The molecule has 26 heavy (non-hydrogen) atoms. The van der Waals surface area contributed by atoms with Gasteiger partial charge in [-0.1, -0.05) is 17.7 Å². The Morgan fingerprint density at radius 1 is 1.23 bits per heavy atom. The molecule has 1 atom stereocenters. The van der Waals surface area contributed by atoms with Gasteiger partial charge < -0.3 is 4.90 Å². The molecule has 5 nitrogen and oxygen atoms in total. The number of halogens is 1. The Bertz CT molecular complexity index is 832. The molecule has 2 aromatic rings. The molecule has 2 heterocycles. The number of rotatable bonds is 6. The Morgan fingerprint density at radius 3 is 2.58 bits per heavy atom. The van der Waals surface area contributed by atoms with Gasteiger partial charge in [0.05, 0.1) is 4.90 Å². The number of nitrogens with one attached hydrogen (secondary N) is 1. The first-order chi connectivity index (χ1) is 12.4. The minimum Gasteiger partial charge on any atom is -0.304 e. The quantitative estimate of drug-likeness (QED) is 0.791. The van der Waals surface area contributed by atoms with Gasteiger partial charge in [-0.15, -0.1) is 0 Å². The van der Waals surface area contributed by atoms with Crippen LogP contribution in [-0.4, -0.2) is 58.0 Å². The van der Waals surface area contributed by atoms with Crippen LogP contribution in [0.25, 0.3) is 0 Å². The highest BCUT2D eigenvalue weighted by atomic mass is 35.5. The van der Waals surface area contributed by atoms with Gasteiger partial charge in [0, 0.05) is 43.8 Å². The van der Waals surface area contributed by atoms with Crippen molar-refractivity contribution < 1.29 is 8.42 Å². The number of aryl methyl sites for hydroxylation is 1. The zero-order valence-electron chi connectivity index (χ0n) is 15.0. The second-order valence-corrected chi connectivity index (χ2v) is 9.63. The highest BCUT2D eigenvalue weighted by molar-refractivity contribution is 7.89. The van der Waals surface area contributed by atoms with E-state index in [-0.39, 0.29) is 10.9 Å². The van der Waals surface area contributed by atoms with Crippen LogP contribution in [0.15, 0.2) is 39.9 Å². The molecule has 142 valence electrons. The number of likely N-dealkylation sites (N-methyl/N-ethyl adjacent to an activating group) is 1. The summed E-state index contributed by atoms with van der Waals surface area (Å²) in [5, 5.41) is 4.59. The van der Waals surface area contributed by atoms with Crippen LogP contribution in [0.4, 0.5) is 0 Å². The molecule has 1 saturated heterocycles. The lowest BCUT2D eigenvalue weighted by atomic mass is 10.1. The van der Waals surface area contributed by atoms with Crippen LogP contribution < -0.4 is 4.72 Å². The van der Waals surface area contributed by atoms with Crippen molar-refractivity contribution >= 4 is 33.0 Å².